The maximum absolute atomic E-state index is 12.7. The Hall–Kier alpha value is -2.70. The van der Waals surface area contributed by atoms with E-state index >= 15 is 0 Å². The number of aromatic amines is 1. The first-order valence-corrected chi connectivity index (χ1v) is 9.29. The molecule has 6 nitrogen and oxygen atoms in total. The predicted molar refractivity (Wildman–Crippen MR) is 110 cm³/mol. The minimum Gasteiger partial charge on any atom is -0.493 e. The quantitative estimate of drug-likeness (QED) is 0.549. The van der Waals surface area contributed by atoms with Crippen LogP contribution in [0.15, 0.2) is 42.5 Å². The first kappa shape index (κ1) is 20.0. The van der Waals surface area contributed by atoms with Gasteiger partial charge in [-0.25, -0.2) is 0 Å². The molecule has 1 heterocycles. The van der Waals surface area contributed by atoms with Gasteiger partial charge < -0.3 is 24.5 Å². The largest absolute Gasteiger partial charge is 0.493 e. The zero-order valence-corrected chi connectivity index (χ0v) is 16.8. The molecule has 0 saturated carbocycles. The number of fused-ring (bicyclic) bond motifs is 1. The van der Waals surface area contributed by atoms with Gasteiger partial charge in [0.05, 0.1) is 24.8 Å². The Labute approximate surface area is 168 Å². The molecule has 3 rings (SSSR count). The first-order valence-electron chi connectivity index (χ1n) is 8.92. The number of halogens is 1. The summed E-state index contributed by atoms with van der Waals surface area (Å²) in [5.41, 5.74) is 2.06. The van der Waals surface area contributed by atoms with Crippen molar-refractivity contribution in [2.75, 3.05) is 27.4 Å². The van der Waals surface area contributed by atoms with E-state index in [0.717, 1.165) is 16.5 Å². The summed E-state index contributed by atoms with van der Waals surface area (Å²) in [6, 6.07) is 12.8. The standard InChI is InChI=1S/C21H23ClN2O4/c1-13(14-8-9-17(18(12-14)27-3)28-11-10-26-2)23-21(25)20-19(22)15-6-4-5-7-16(15)24-20/h4-9,12-13,24H,10-11H2,1-3H3,(H,23,25). The SMILES string of the molecule is COCCOc1ccc(C(C)NC(=O)c2[nH]c3ccccc3c2Cl)cc1OC. The van der Waals surface area contributed by atoms with Crippen molar-refractivity contribution in [2.45, 2.75) is 13.0 Å². The number of hydrogen-bond donors (Lipinski definition) is 2. The Kier molecular flexibility index (Phi) is 6.44. The van der Waals surface area contributed by atoms with Gasteiger partial charge in [0.15, 0.2) is 11.5 Å². The van der Waals surface area contributed by atoms with Crippen LogP contribution in [-0.2, 0) is 4.74 Å². The maximum atomic E-state index is 12.7. The Morgan fingerprint density at radius 3 is 2.64 bits per heavy atom. The van der Waals surface area contributed by atoms with E-state index in [2.05, 4.69) is 10.3 Å². The summed E-state index contributed by atoms with van der Waals surface area (Å²) in [6.07, 6.45) is 0. The lowest BCUT2D eigenvalue weighted by atomic mass is 10.1. The monoisotopic (exact) mass is 402 g/mol. The molecule has 2 aromatic carbocycles. The molecule has 1 aromatic heterocycles. The minimum atomic E-state index is -0.270. The molecule has 0 aliphatic rings. The number of carbonyl (C=O) groups is 1. The van der Waals surface area contributed by atoms with Crippen molar-refractivity contribution in [3.63, 3.8) is 0 Å². The van der Waals surface area contributed by atoms with Gasteiger partial charge in [0, 0.05) is 18.0 Å². The molecule has 0 fully saturated rings. The number of methoxy groups -OCH3 is 2. The second-order valence-electron chi connectivity index (χ2n) is 6.31. The van der Waals surface area contributed by atoms with Gasteiger partial charge in [0.1, 0.15) is 12.3 Å². The summed E-state index contributed by atoms with van der Waals surface area (Å²) in [5.74, 6) is 0.951. The molecule has 0 aliphatic carbocycles. The van der Waals surface area contributed by atoms with E-state index in [-0.39, 0.29) is 11.9 Å². The zero-order valence-electron chi connectivity index (χ0n) is 16.0. The first-order chi connectivity index (χ1) is 13.5. The Morgan fingerprint density at radius 1 is 1.14 bits per heavy atom. The summed E-state index contributed by atoms with van der Waals surface area (Å²) in [6.45, 7) is 2.81. The predicted octanol–water partition coefficient (Wildman–Crippen LogP) is 4.35. The molecular formula is C21H23ClN2O4. The lowest BCUT2D eigenvalue weighted by molar-refractivity contribution is 0.0935. The molecule has 1 unspecified atom stereocenters. The maximum Gasteiger partial charge on any atom is 0.269 e. The Bertz CT molecular complexity index is 970. The number of nitrogens with one attached hydrogen (secondary N) is 2. The van der Waals surface area contributed by atoms with Gasteiger partial charge in [0.2, 0.25) is 0 Å². The van der Waals surface area contributed by atoms with Crippen LogP contribution in [0.5, 0.6) is 11.5 Å². The van der Waals surface area contributed by atoms with E-state index in [0.29, 0.717) is 35.4 Å². The average molecular weight is 403 g/mol. The lowest BCUT2D eigenvalue weighted by Gasteiger charge is -2.17. The normalized spacial score (nSPS) is 12.0. The fraction of sp³-hybridized carbons (Fsp3) is 0.286. The van der Waals surface area contributed by atoms with E-state index in [1.54, 1.807) is 14.2 Å². The van der Waals surface area contributed by atoms with Gasteiger partial charge in [-0.05, 0) is 30.7 Å². The molecule has 7 heteroatoms. The molecular weight excluding hydrogens is 380 g/mol. The van der Waals surface area contributed by atoms with Crippen molar-refractivity contribution < 1.29 is 19.0 Å². The number of H-pyrrole nitrogens is 1. The van der Waals surface area contributed by atoms with Crippen molar-refractivity contribution in [2.24, 2.45) is 0 Å². The highest BCUT2D eigenvalue weighted by atomic mass is 35.5. The summed E-state index contributed by atoms with van der Waals surface area (Å²) < 4.78 is 16.0. The van der Waals surface area contributed by atoms with Gasteiger partial charge in [-0.15, -0.1) is 0 Å². The number of amides is 1. The van der Waals surface area contributed by atoms with Crippen LogP contribution in [0, 0.1) is 0 Å². The number of rotatable bonds is 8. The molecule has 1 amide bonds. The van der Waals surface area contributed by atoms with Crippen LogP contribution < -0.4 is 14.8 Å². The van der Waals surface area contributed by atoms with E-state index < -0.39 is 0 Å². The topological polar surface area (TPSA) is 72.6 Å². The van der Waals surface area contributed by atoms with Gasteiger partial charge in [-0.1, -0.05) is 35.9 Å². The van der Waals surface area contributed by atoms with Crippen molar-refractivity contribution in [3.8, 4) is 11.5 Å². The average Bonchev–Trinajstić information content (AvgIpc) is 3.05. The van der Waals surface area contributed by atoms with Gasteiger partial charge in [-0.3, -0.25) is 4.79 Å². The summed E-state index contributed by atoms with van der Waals surface area (Å²) in [7, 11) is 3.20. The summed E-state index contributed by atoms with van der Waals surface area (Å²) >= 11 is 6.37. The molecule has 0 bridgehead atoms. The smallest absolute Gasteiger partial charge is 0.269 e. The second kappa shape index (κ2) is 8.99. The van der Waals surface area contributed by atoms with Crippen LogP contribution in [-0.4, -0.2) is 38.3 Å². The van der Waals surface area contributed by atoms with Crippen LogP contribution in [0.2, 0.25) is 5.02 Å². The van der Waals surface area contributed by atoms with Crippen molar-refractivity contribution >= 4 is 28.4 Å². The van der Waals surface area contributed by atoms with E-state index in [1.165, 1.54) is 0 Å². The lowest BCUT2D eigenvalue weighted by Crippen LogP contribution is -2.27. The Morgan fingerprint density at radius 2 is 1.93 bits per heavy atom. The molecule has 3 aromatic rings. The second-order valence-corrected chi connectivity index (χ2v) is 6.68. The highest BCUT2D eigenvalue weighted by Crippen LogP contribution is 2.31. The third kappa shape index (κ3) is 4.24. The van der Waals surface area contributed by atoms with Crippen LogP contribution in [0.1, 0.15) is 29.0 Å². The van der Waals surface area contributed by atoms with Gasteiger partial charge >= 0.3 is 0 Å². The molecule has 0 saturated heterocycles. The third-order valence-corrected chi connectivity index (χ3v) is 4.84. The number of hydrogen-bond acceptors (Lipinski definition) is 4. The van der Waals surface area contributed by atoms with Gasteiger partial charge in [0.25, 0.3) is 5.91 Å². The minimum absolute atomic E-state index is 0.253. The molecule has 1 atom stereocenters. The fourth-order valence-corrected chi connectivity index (χ4v) is 3.22. The van der Waals surface area contributed by atoms with Crippen LogP contribution in [0.4, 0.5) is 0 Å². The number of benzene rings is 2. The van der Waals surface area contributed by atoms with Crippen LogP contribution in [0.25, 0.3) is 10.9 Å². The number of ether oxygens (including phenoxy) is 3. The van der Waals surface area contributed by atoms with E-state index in [9.17, 15) is 4.79 Å². The highest BCUT2D eigenvalue weighted by Gasteiger charge is 2.19. The number of carbonyl (C=O) groups excluding carboxylic acids is 1. The summed E-state index contributed by atoms with van der Waals surface area (Å²) in [4.78, 5) is 15.8. The third-order valence-electron chi connectivity index (χ3n) is 4.45. The van der Waals surface area contributed by atoms with Crippen molar-refractivity contribution in [1.82, 2.24) is 10.3 Å². The molecule has 0 aliphatic heterocycles. The van der Waals surface area contributed by atoms with Crippen LogP contribution in [0.3, 0.4) is 0 Å². The molecule has 28 heavy (non-hydrogen) atoms. The molecule has 2 N–H and O–H groups in total. The number of aromatic nitrogens is 1. The fourth-order valence-electron chi connectivity index (χ4n) is 2.92. The molecule has 0 spiro atoms. The highest BCUT2D eigenvalue weighted by molar-refractivity contribution is 6.38. The summed E-state index contributed by atoms with van der Waals surface area (Å²) in [5, 5.41) is 4.20. The van der Waals surface area contributed by atoms with E-state index in [1.807, 2.05) is 49.4 Å². The van der Waals surface area contributed by atoms with Crippen LogP contribution >= 0.6 is 11.6 Å². The van der Waals surface area contributed by atoms with Gasteiger partial charge in [-0.2, -0.15) is 0 Å². The molecule has 148 valence electrons. The Balaban J connectivity index is 1.75. The van der Waals surface area contributed by atoms with E-state index in [4.69, 9.17) is 25.8 Å². The van der Waals surface area contributed by atoms with Crippen molar-refractivity contribution in [3.05, 3.63) is 58.7 Å². The number of para-hydroxylation sites is 1. The van der Waals surface area contributed by atoms with Crippen molar-refractivity contribution in [1.29, 1.82) is 0 Å². The molecule has 0 radical (unpaired) electrons. The zero-order chi connectivity index (χ0) is 20.1.